The van der Waals surface area contributed by atoms with Gasteiger partial charge in [-0.3, -0.25) is 4.90 Å². The van der Waals surface area contributed by atoms with Crippen molar-refractivity contribution in [3.05, 3.63) is 22.4 Å². The van der Waals surface area contributed by atoms with E-state index in [9.17, 15) is 0 Å². The van der Waals surface area contributed by atoms with Gasteiger partial charge in [-0.2, -0.15) is 0 Å². The van der Waals surface area contributed by atoms with Gasteiger partial charge in [-0.15, -0.1) is 11.3 Å². The molecule has 0 aromatic carbocycles. The first-order valence-corrected chi connectivity index (χ1v) is 8.63. The van der Waals surface area contributed by atoms with Crippen LogP contribution < -0.4 is 5.32 Å². The van der Waals surface area contributed by atoms with Gasteiger partial charge in [0.05, 0.1) is 0 Å². The number of nitrogens with one attached hydrogen (secondary N) is 1. The molecular formula is C16H28N2S. The van der Waals surface area contributed by atoms with E-state index in [2.05, 4.69) is 41.6 Å². The van der Waals surface area contributed by atoms with Crippen LogP contribution in [0.2, 0.25) is 0 Å². The minimum atomic E-state index is 0.645. The summed E-state index contributed by atoms with van der Waals surface area (Å²) in [7, 11) is 0. The summed E-state index contributed by atoms with van der Waals surface area (Å²) < 4.78 is 0. The molecular weight excluding hydrogens is 252 g/mol. The van der Waals surface area contributed by atoms with Crippen molar-refractivity contribution < 1.29 is 0 Å². The highest BCUT2D eigenvalue weighted by Gasteiger charge is 2.19. The summed E-state index contributed by atoms with van der Waals surface area (Å²) in [4.78, 5) is 4.09. The van der Waals surface area contributed by atoms with Crippen molar-refractivity contribution in [2.75, 3.05) is 13.1 Å². The average molecular weight is 280 g/mol. The van der Waals surface area contributed by atoms with Crippen molar-refractivity contribution in [1.82, 2.24) is 10.2 Å². The molecule has 0 saturated heterocycles. The lowest BCUT2D eigenvalue weighted by Gasteiger charge is -2.25. The molecule has 1 saturated carbocycles. The van der Waals surface area contributed by atoms with Crippen LogP contribution >= 0.6 is 11.3 Å². The van der Waals surface area contributed by atoms with E-state index in [0.29, 0.717) is 6.04 Å². The third-order valence-corrected chi connectivity index (χ3v) is 4.66. The van der Waals surface area contributed by atoms with Gasteiger partial charge in [0.25, 0.3) is 0 Å². The predicted molar refractivity (Wildman–Crippen MR) is 84.7 cm³/mol. The zero-order valence-electron chi connectivity index (χ0n) is 12.4. The summed E-state index contributed by atoms with van der Waals surface area (Å²) in [5, 5.41) is 5.77. The topological polar surface area (TPSA) is 15.3 Å². The van der Waals surface area contributed by atoms with E-state index in [-0.39, 0.29) is 0 Å². The maximum absolute atomic E-state index is 3.59. The molecule has 1 N–H and O–H groups in total. The highest BCUT2D eigenvalue weighted by atomic mass is 32.1. The standard InChI is InChI=1S/C16H28N2S/c1-14(2)18(13-16-7-6-12-19-16)11-5-3-4-10-17-15-8-9-15/h6-7,12,14-15,17H,3-5,8-11,13H2,1-2H3. The number of hydrogen-bond donors (Lipinski definition) is 1. The van der Waals surface area contributed by atoms with E-state index in [1.165, 1.54) is 50.1 Å². The van der Waals surface area contributed by atoms with Gasteiger partial charge in [-0.1, -0.05) is 12.5 Å². The van der Waals surface area contributed by atoms with Crippen LogP contribution in [0.15, 0.2) is 17.5 Å². The molecule has 0 amide bonds. The van der Waals surface area contributed by atoms with E-state index in [1.807, 2.05) is 11.3 Å². The Morgan fingerprint density at radius 2 is 2.16 bits per heavy atom. The molecule has 1 heterocycles. The largest absolute Gasteiger partial charge is 0.314 e. The van der Waals surface area contributed by atoms with Crippen LogP contribution in [0.3, 0.4) is 0 Å². The summed E-state index contributed by atoms with van der Waals surface area (Å²) in [6.07, 6.45) is 6.83. The van der Waals surface area contributed by atoms with Crippen LogP contribution in [0.25, 0.3) is 0 Å². The van der Waals surface area contributed by atoms with Gasteiger partial charge in [0, 0.05) is 23.5 Å². The predicted octanol–water partition coefficient (Wildman–Crippen LogP) is 3.88. The number of unbranched alkanes of at least 4 members (excludes halogenated alkanes) is 2. The van der Waals surface area contributed by atoms with Gasteiger partial charge in [0.15, 0.2) is 0 Å². The smallest absolute Gasteiger partial charge is 0.0330 e. The van der Waals surface area contributed by atoms with Gasteiger partial charge < -0.3 is 5.32 Å². The molecule has 2 nitrogen and oxygen atoms in total. The minimum Gasteiger partial charge on any atom is -0.314 e. The van der Waals surface area contributed by atoms with Crippen LogP contribution in [-0.4, -0.2) is 30.1 Å². The molecule has 0 radical (unpaired) electrons. The summed E-state index contributed by atoms with van der Waals surface area (Å²) in [6, 6.07) is 5.92. The minimum absolute atomic E-state index is 0.645. The molecule has 0 bridgehead atoms. The summed E-state index contributed by atoms with van der Waals surface area (Å²) in [5.74, 6) is 0. The third kappa shape index (κ3) is 6.07. The molecule has 2 rings (SSSR count). The van der Waals surface area contributed by atoms with Crippen LogP contribution in [-0.2, 0) is 6.54 Å². The lowest BCUT2D eigenvalue weighted by atomic mass is 10.2. The molecule has 1 aromatic rings. The zero-order chi connectivity index (χ0) is 13.5. The van der Waals surface area contributed by atoms with Gasteiger partial charge >= 0.3 is 0 Å². The summed E-state index contributed by atoms with van der Waals surface area (Å²) in [5.41, 5.74) is 0. The van der Waals surface area contributed by atoms with Crippen LogP contribution in [0, 0.1) is 0 Å². The molecule has 1 fully saturated rings. The van der Waals surface area contributed by atoms with Crippen LogP contribution in [0.1, 0.15) is 50.8 Å². The Hall–Kier alpha value is -0.380. The molecule has 0 unspecified atom stereocenters. The fourth-order valence-electron chi connectivity index (χ4n) is 2.33. The Labute approximate surface area is 122 Å². The molecule has 3 heteroatoms. The molecule has 0 spiro atoms. The van der Waals surface area contributed by atoms with E-state index in [0.717, 1.165) is 12.6 Å². The van der Waals surface area contributed by atoms with Gasteiger partial charge in [0.1, 0.15) is 0 Å². The second kappa shape index (κ2) is 8.03. The van der Waals surface area contributed by atoms with E-state index in [4.69, 9.17) is 0 Å². The zero-order valence-corrected chi connectivity index (χ0v) is 13.2. The molecule has 1 aliphatic rings. The van der Waals surface area contributed by atoms with Crippen molar-refractivity contribution in [3.8, 4) is 0 Å². The lowest BCUT2D eigenvalue weighted by Crippen LogP contribution is -2.31. The van der Waals surface area contributed by atoms with Crippen molar-refractivity contribution in [2.24, 2.45) is 0 Å². The fraction of sp³-hybridized carbons (Fsp3) is 0.750. The number of nitrogens with zero attached hydrogens (tertiary/aromatic N) is 1. The first-order valence-electron chi connectivity index (χ1n) is 7.75. The average Bonchev–Trinajstić information content (AvgIpc) is 3.07. The Balaban J connectivity index is 1.57. The Kier molecular flexibility index (Phi) is 6.35. The number of thiophene rings is 1. The van der Waals surface area contributed by atoms with E-state index in [1.54, 1.807) is 0 Å². The number of rotatable bonds is 10. The Morgan fingerprint density at radius 3 is 2.79 bits per heavy atom. The molecule has 108 valence electrons. The highest BCUT2D eigenvalue weighted by molar-refractivity contribution is 7.09. The first kappa shape index (κ1) is 15.0. The third-order valence-electron chi connectivity index (χ3n) is 3.80. The molecule has 1 aliphatic carbocycles. The highest BCUT2D eigenvalue weighted by Crippen LogP contribution is 2.18. The van der Waals surface area contributed by atoms with Crippen LogP contribution in [0.5, 0.6) is 0 Å². The Morgan fingerprint density at radius 1 is 1.32 bits per heavy atom. The molecule has 0 aliphatic heterocycles. The SMILES string of the molecule is CC(C)N(CCCCCNC1CC1)Cc1cccs1. The van der Waals surface area contributed by atoms with E-state index < -0.39 is 0 Å². The molecule has 19 heavy (non-hydrogen) atoms. The quantitative estimate of drug-likeness (QED) is 0.654. The molecule has 1 aromatic heterocycles. The van der Waals surface area contributed by atoms with E-state index >= 15 is 0 Å². The lowest BCUT2D eigenvalue weighted by molar-refractivity contribution is 0.210. The second-order valence-corrected chi connectivity index (χ2v) is 6.96. The fourth-order valence-corrected chi connectivity index (χ4v) is 3.06. The van der Waals surface area contributed by atoms with Crippen molar-refractivity contribution in [2.45, 2.75) is 64.6 Å². The van der Waals surface area contributed by atoms with Crippen molar-refractivity contribution >= 4 is 11.3 Å². The molecule has 0 atom stereocenters. The van der Waals surface area contributed by atoms with Gasteiger partial charge in [-0.25, -0.2) is 0 Å². The van der Waals surface area contributed by atoms with Crippen molar-refractivity contribution in [1.29, 1.82) is 0 Å². The number of hydrogen-bond acceptors (Lipinski definition) is 3. The van der Waals surface area contributed by atoms with Crippen LogP contribution in [0.4, 0.5) is 0 Å². The van der Waals surface area contributed by atoms with Gasteiger partial charge in [0.2, 0.25) is 0 Å². The second-order valence-electron chi connectivity index (χ2n) is 5.93. The van der Waals surface area contributed by atoms with Gasteiger partial charge in [-0.05, 0) is 64.1 Å². The van der Waals surface area contributed by atoms with Crippen molar-refractivity contribution in [3.63, 3.8) is 0 Å². The maximum atomic E-state index is 3.59. The first-order chi connectivity index (χ1) is 9.25. The normalized spacial score (nSPS) is 15.6. The Bertz CT molecular complexity index is 331. The monoisotopic (exact) mass is 280 g/mol. The maximum Gasteiger partial charge on any atom is 0.0330 e. The summed E-state index contributed by atoms with van der Waals surface area (Å²) >= 11 is 1.87. The summed E-state index contributed by atoms with van der Waals surface area (Å²) in [6.45, 7) is 8.19.